The number of hydrogen-bond acceptors (Lipinski definition) is 4. The Morgan fingerprint density at radius 1 is 0.500 bits per heavy atom. The minimum Gasteiger partial charge on any atom is -0.457 e. The Bertz CT molecular complexity index is 932. The van der Waals surface area contributed by atoms with Crippen molar-refractivity contribution in [3.8, 4) is 45.8 Å². The summed E-state index contributed by atoms with van der Waals surface area (Å²) in [5, 5.41) is 0. The van der Waals surface area contributed by atoms with Crippen LogP contribution in [0.5, 0.6) is 23.3 Å². The number of pyridine rings is 2. The Hall–Kier alpha value is -3.66. The van der Waals surface area contributed by atoms with Gasteiger partial charge >= 0.3 is 0 Å². The molecule has 1 aliphatic rings. The highest BCUT2D eigenvalue weighted by Gasteiger charge is 2.09. The van der Waals surface area contributed by atoms with E-state index in [0.29, 0.717) is 11.8 Å². The summed E-state index contributed by atoms with van der Waals surface area (Å²) < 4.78 is 12.0. The van der Waals surface area contributed by atoms with E-state index in [1.54, 1.807) is 0 Å². The lowest BCUT2D eigenvalue weighted by molar-refractivity contribution is 0.446. The van der Waals surface area contributed by atoms with Crippen molar-refractivity contribution < 1.29 is 9.47 Å². The molecule has 8 bridgehead atoms. The second-order valence-electron chi connectivity index (χ2n) is 5.98. The molecule has 0 radical (unpaired) electrons. The van der Waals surface area contributed by atoms with Gasteiger partial charge in [0.2, 0.25) is 11.8 Å². The molecule has 5 rings (SSSR count). The average Bonchev–Trinajstić information content (AvgIpc) is 2.68. The molecule has 0 saturated carbocycles. The molecule has 4 heteroatoms. The number of aromatic nitrogens is 2. The molecule has 124 valence electrons. The van der Waals surface area contributed by atoms with Gasteiger partial charge in [0, 0.05) is 23.3 Å². The smallest absolute Gasteiger partial charge is 0.221 e. The third kappa shape index (κ3) is 2.78. The quantitative estimate of drug-likeness (QED) is 0.363. The van der Waals surface area contributed by atoms with Gasteiger partial charge < -0.3 is 9.47 Å². The lowest BCUT2D eigenvalue weighted by Gasteiger charge is -2.12. The van der Waals surface area contributed by atoms with Crippen LogP contribution in [-0.2, 0) is 0 Å². The summed E-state index contributed by atoms with van der Waals surface area (Å²) in [7, 11) is 0. The van der Waals surface area contributed by atoms with Gasteiger partial charge in [-0.3, -0.25) is 0 Å². The van der Waals surface area contributed by atoms with Gasteiger partial charge in [-0.25, -0.2) is 9.97 Å². The summed E-state index contributed by atoms with van der Waals surface area (Å²) in [4.78, 5) is 9.20. The van der Waals surface area contributed by atoms with Gasteiger partial charge in [0.25, 0.3) is 0 Å². The number of fused-ring (bicyclic) bond motifs is 10. The molecule has 3 heterocycles. The lowest BCUT2D eigenvalue weighted by atomic mass is 10.1. The predicted octanol–water partition coefficient (Wildman–Crippen LogP) is 5.71. The van der Waals surface area contributed by atoms with E-state index in [1.807, 2.05) is 84.9 Å². The van der Waals surface area contributed by atoms with Crippen molar-refractivity contribution in [1.82, 2.24) is 9.97 Å². The maximum atomic E-state index is 6.06. The Balaban J connectivity index is 1.73. The van der Waals surface area contributed by atoms with Gasteiger partial charge in [0.15, 0.2) is 0 Å². The first-order chi connectivity index (χ1) is 12.8. The second kappa shape index (κ2) is 6.01. The van der Waals surface area contributed by atoms with Crippen LogP contribution in [0, 0.1) is 0 Å². The van der Waals surface area contributed by atoms with Crippen molar-refractivity contribution in [1.29, 1.82) is 0 Å². The zero-order chi connectivity index (χ0) is 17.3. The fraction of sp³-hybridized carbons (Fsp3) is 0. The second-order valence-corrected chi connectivity index (χ2v) is 5.98. The molecule has 0 amide bonds. The van der Waals surface area contributed by atoms with Crippen LogP contribution in [0.1, 0.15) is 0 Å². The SMILES string of the molecule is c1cc2cc(c1)-c1cccc(n1)Oc1cccc(n1)-c1cccc(c1)O2. The minimum atomic E-state index is 0.504. The highest BCUT2D eigenvalue weighted by atomic mass is 16.5. The van der Waals surface area contributed by atoms with E-state index in [1.165, 1.54) is 0 Å². The summed E-state index contributed by atoms with van der Waals surface area (Å²) in [5.74, 6) is 2.52. The zero-order valence-electron chi connectivity index (χ0n) is 13.8. The molecule has 0 atom stereocenters. The number of benzene rings is 2. The normalized spacial score (nSPS) is 11.7. The monoisotopic (exact) mass is 338 g/mol. The standard InChI is InChI=1S/C22H14N2O2/c1-5-15-13-17(7-1)25-18-8-2-6-16(14-18)20-10-4-12-22(24-20)26-21-11-3-9-19(15)23-21/h1-14H. The van der Waals surface area contributed by atoms with Crippen LogP contribution in [0.25, 0.3) is 22.5 Å². The molecule has 0 N–H and O–H groups in total. The average molecular weight is 338 g/mol. The van der Waals surface area contributed by atoms with Gasteiger partial charge in [-0.15, -0.1) is 0 Å². The maximum absolute atomic E-state index is 6.06. The van der Waals surface area contributed by atoms with Gasteiger partial charge in [-0.2, -0.15) is 0 Å². The highest BCUT2D eigenvalue weighted by Crippen LogP contribution is 2.31. The third-order valence-corrected chi connectivity index (χ3v) is 4.15. The van der Waals surface area contributed by atoms with Crippen LogP contribution in [-0.4, -0.2) is 9.97 Å². The Kier molecular flexibility index (Phi) is 3.39. The van der Waals surface area contributed by atoms with Gasteiger partial charge in [-0.1, -0.05) is 36.4 Å². The Morgan fingerprint density at radius 3 is 1.54 bits per heavy atom. The van der Waals surface area contributed by atoms with Gasteiger partial charge in [-0.05, 0) is 36.4 Å². The first kappa shape index (κ1) is 14.7. The van der Waals surface area contributed by atoms with Gasteiger partial charge in [0.05, 0.1) is 11.4 Å². The lowest BCUT2D eigenvalue weighted by Crippen LogP contribution is -1.95. The molecule has 4 aromatic rings. The van der Waals surface area contributed by atoms with Crippen molar-refractivity contribution >= 4 is 0 Å². The zero-order valence-corrected chi connectivity index (χ0v) is 13.8. The van der Waals surface area contributed by atoms with Gasteiger partial charge in [0.1, 0.15) is 11.5 Å². The fourth-order valence-electron chi connectivity index (χ4n) is 2.95. The van der Waals surface area contributed by atoms with E-state index in [0.717, 1.165) is 34.0 Å². The maximum Gasteiger partial charge on any atom is 0.221 e. The Morgan fingerprint density at radius 2 is 1.00 bits per heavy atom. The van der Waals surface area contributed by atoms with E-state index in [4.69, 9.17) is 9.47 Å². The molecule has 2 aromatic heterocycles. The predicted molar refractivity (Wildman–Crippen MR) is 99.5 cm³/mol. The van der Waals surface area contributed by atoms with Crippen LogP contribution in [0.4, 0.5) is 0 Å². The van der Waals surface area contributed by atoms with E-state index in [9.17, 15) is 0 Å². The first-order valence-electron chi connectivity index (χ1n) is 8.34. The van der Waals surface area contributed by atoms with Crippen molar-refractivity contribution in [3.05, 3.63) is 84.9 Å². The van der Waals surface area contributed by atoms with E-state index < -0.39 is 0 Å². The molecule has 0 aliphatic carbocycles. The summed E-state index contributed by atoms with van der Waals surface area (Å²) in [6, 6.07) is 27.1. The Labute approximate surface area is 150 Å². The summed E-state index contributed by atoms with van der Waals surface area (Å²) in [6.07, 6.45) is 0. The molecule has 0 saturated heterocycles. The van der Waals surface area contributed by atoms with Crippen molar-refractivity contribution in [2.24, 2.45) is 0 Å². The summed E-state index contributed by atoms with van der Waals surface area (Å²) in [5.41, 5.74) is 3.55. The van der Waals surface area contributed by atoms with E-state index >= 15 is 0 Å². The molecule has 0 fully saturated rings. The number of nitrogens with zero attached hydrogens (tertiary/aromatic N) is 2. The molecule has 1 aliphatic heterocycles. The van der Waals surface area contributed by atoms with Crippen molar-refractivity contribution in [3.63, 3.8) is 0 Å². The van der Waals surface area contributed by atoms with Crippen LogP contribution < -0.4 is 9.47 Å². The number of ether oxygens (including phenoxy) is 2. The van der Waals surface area contributed by atoms with E-state index in [-0.39, 0.29) is 0 Å². The summed E-state index contributed by atoms with van der Waals surface area (Å²) in [6.45, 7) is 0. The molecular weight excluding hydrogens is 324 g/mol. The minimum absolute atomic E-state index is 0.504. The summed E-state index contributed by atoms with van der Waals surface area (Å²) >= 11 is 0. The van der Waals surface area contributed by atoms with Crippen molar-refractivity contribution in [2.75, 3.05) is 0 Å². The van der Waals surface area contributed by atoms with E-state index in [2.05, 4.69) is 9.97 Å². The van der Waals surface area contributed by atoms with Crippen LogP contribution in [0.3, 0.4) is 0 Å². The molecular formula is C22H14N2O2. The topological polar surface area (TPSA) is 44.2 Å². The fourth-order valence-corrected chi connectivity index (χ4v) is 2.95. The van der Waals surface area contributed by atoms with Crippen LogP contribution in [0.15, 0.2) is 84.9 Å². The highest BCUT2D eigenvalue weighted by molar-refractivity contribution is 5.64. The molecule has 4 nitrogen and oxygen atoms in total. The third-order valence-electron chi connectivity index (χ3n) is 4.15. The van der Waals surface area contributed by atoms with Crippen LogP contribution in [0.2, 0.25) is 0 Å². The number of hydrogen-bond donors (Lipinski definition) is 0. The molecule has 0 unspecified atom stereocenters. The first-order valence-corrected chi connectivity index (χ1v) is 8.34. The number of rotatable bonds is 0. The van der Waals surface area contributed by atoms with Crippen molar-refractivity contribution in [2.45, 2.75) is 0 Å². The largest absolute Gasteiger partial charge is 0.457 e. The molecule has 2 aromatic carbocycles. The van der Waals surface area contributed by atoms with Crippen LogP contribution >= 0.6 is 0 Å². The molecule has 0 spiro atoms. The molecule has 26 heavy (non-hydrogen) atoms.